The number of nitrogens with one attached hydrogen (secondary N) is 1. The number of fused-ring (bicyclic) bond motifs is 1. The summed E-state index contributed by atoms with van der Waals surface area (Å²) in [7, 11) is 0. The maximum absolute atomic E-state index is 5.77. The Kier molecular flexibility index (Phi) is 1.95. The number of aromatic amines is 1. The molecule has 2 aromatic heterocycles. The predicted molar refractivity (Wildman–Crippen MR) is 55.7 cm³/mol. The number of rotatable bonds is 1. The van der Waals surface area contributed by atoms with Crippen molar-refractivity contribution in [2.24, 2.45) is 0 Å². The third-order valence-corrected chi connectivity index (χ3v) is 2.33. The summed E-state index contributed by atoms with van der Waals surface area (Å²) >= 11 is 0. The number of H-pyrrole nitrogens is 1. The van der Waals surface area contributed by atoms with E-state index in [-0.39, 0.29) is 0 Å². The summed E-state index contributed by atoms with van der Waals surface area (Å²) in [5.74, 6) is 1.38. The van der Waals surface area contributed by atoms with Crippen LogP contribution in [-0.4, -0.2) is 33.2 Å². The molecule has 0 radical (unpaired) electrons. The third-order valence-electron chi connectivity index (χ3n) is 2.33. The molecule has 0 unspecified atom stereocenters. The minimum atomic E-state index is 0.332. The zero-order valence-corrected chi connectivity index (χ0v) is 8.51. The van der Waals surface area contributed by atoms with Gasteiger partial charge in [0.2, 0.25) is 5.75 Å². The molecule has 3 rings (SSSR count). The van der Waals surface area contributed by atoms with Crippen LogP contribution in [-0.2, 0) is 0 Å². The number of aromatic nitrogens is 4. The normalized spacial score (nSPS) is 14.8. The van der Waals surface area contributed by atoms with E-state index in [2.05, 4.69) is 15.3 Å². The van der Waals surface area contributed by atoms with Gasteiger partial charge in [-0.05, 0) is 0 Å². The lowest BCUT2D eigenvalue weighted by atomic mass is 10.5. The van der Waals surface area contributed by atoms with Crippen LogP contribution in [0.25, 0.3) is 5.69 Å². The number of nitrogens with zero attached hydrogens (tertiary/aromatic N) is 3. The molecule has 2 aromatic rings. The van der Waals surface area contributed by atoms with Gasteiger partial charge in [0, 0.05) is 12.6 Å². The van der Waals surface area contributed by atoms with Crippen LogP contribution in [0, 0.1) is 0 Å². The molecule has 0 aliphatic carbocycles. The summed E-state index contributed by atoms with van der Waals surface area (Å²) in [6.07, 6.45) is 4.18. The highest BCUT2D eigenvalue weighted by Gasteiger charge is 2.22. The molecular formula is C9H11N5O2. The molecule has 3 heterocycles. The lowest BCUT2D eigenvalue weighted by Crippen LogP contribution is -2.04. The second-order valence-electron chi connectivity index (χ2n) is 3.44. The summed E-state index contributed by atoms with van der Waals surface area (Å²) in [6, 6.07) is 0. The van der Waals surface area contributed by atoms with E-state index < -0.39 is 0 Å². The van der Waals surface area contributed by atoms with Crippen molar-refractivity contribution in [3.05, 3.63) is 12.4 Å². The van der Waals surface area contributed by atoms with E-state index in [1.54, 1.807) is 17.1 Å². The lowest BCUT2D eigenvalue weighted by molar-refractivity contribution is 0.286. The summed E-state index contributed by atoms with van der Waals surface area (Å²) in [5, 5.41) is 10.7. The van der Waals surface area contributed by atoms with E-state index in [1.807, 2.05) is 0 Å². The van der Waals surface area contributed by atoms with Gasteiger partial charge in [0.05, 0.1) is 19.4 Å². The predicted octanol–water partition coefficient (Wildman–Crippen LogP) is 0.339. The maximum Gasteiger partial charge on any atom is 0.263 e. The zero-order valence-electron chi connectivity index (χ0n) is 8.51. The minimum Gasteiger partial charge on any atom is -0.485 e. The number of hydrogen-bond acceptors (Lipinski definition) is 5. The van der Waals surface area contributed by atoms with Crippen LogP contribution in [0.3, 0.4) is 0 Å². The average Bonchev–Trinajstić information content (AvgIpc) is 2.82. The van der Waals surface area contributed by atoms with Gasteiger partial charge in [-0.25, -0.2) is 0 Å². The Morgan fingerprint density at radius 2 is 2.25 bits per heavy atom. The minimum absolute atomic E-state index is 0.332. The Labute approximate surface area is 91.1 Å². The fourth-order valence-corrected chi connectivity index (χ4v) is 1.60. The molecule has 0 atom stereocenters. The molecule has 7 nitrogen and oxygen atoms in total. The molecule has 0 fully saturated rings. The molecule has 1 aliphatic rings. The lowest BCUT2D eigenvalue weighted by Gasteiger charge is -2.04. The van der Waals surface area contributed by atoms with Gasteiger partial charge in [0.25, 0.3) is 5.88 Å². The smallest absolute Gasteiger partial charge is 0.263 e. The molecule has 0 bridgehead atoms. The quantitative estimate of drug-likeness (QED) is 0.724. The van der Waals surface area contributed by atoms with E-state index >= 15 is 0 Å². The van der Waals surface area contributed by atoms with Crippen molar-refractivity contribution >= 4 is 5.82 Å². The molecule has 0 aromatic carbocycles. The standard InChI is InChI=1S/C9H11N5O2/c10-8-7-9(16-3-1-2-15-7)14(13-8)6-4-11-12-5-6/h4-5H,1-3H2,(H2,10,13)(H,11,12). The Hall–Kier alpha value is -2.18. The van der Waals surface area contributed by atoms with Crippen LogP contribution >= 0.6 is 0 Å². The van der Waals surface area contributed by atoms with Crippen LogP contribution in [0.2, 0.25) is 0 Å². The SMILES string of the molecule is Nc1nn(-c2cn[nH]c2)c2c1OCCCO2. The molecule has 0 saturated carbocycles. The molecule has 3 N–H and O–H groups in total. The number of nitrogen functional groups attached to an aromatic ring is 1. The van der Waals surface area contributed by atoms with Crippen molar-refractivity contribution in [1.82, 2.24) is 20.0 Å². The largest absolute Gasteiger partial charge is 0.485 e. The summed E-state index contributed by atoms with van der Waals surface area (Å²) in [4.78, 5) is 0. The fourth-order valence-electron chi connectivity index (χ4n) is 1.60. The second kappa shape index (κ2) is 3.44. The monoisotopic (exact) mass is 221 g/mol. The second-order valence-corrected chi connectivity index (χ2v) is 3.44. The van der Waals surface area contributed by atoms with Crippen molar-refractivity contribution in [2.45, 2.75) is 6.42 Å². The van der Waals surface area contributed by atoms with E-state index in [4.69, 9.17) is 15.2 Å². The Morgan fingerprint density at radius 1 is 1.38 bits per heavy atom. The van der Waals surface area contributed by atoms with Crippen LogP contribution in [0.15, 0.2) is 12.4 Å². The van der Waals surface area contributed by atoms with Gasteiger partial charge in [-0.3, -0.25) is 5.10 Å². The molecule has 0 amide bonds. The topological polar surface area (TPSA) is 91.0 Å². The first-order valence-electron chi connectivity index (χ1n) is 4.99. The molecule has 7 heteroatoms. The van der Waals surface area contributed by atoms with Crippen molar-refractivity contribution in [3.63, 3.8) is 0 Å². The first-order valence-corrected chi connectivity index (χ1v) is 4.99. The highest BCUT2D eigenvalue weighted by molar-refractivity contribution is 5.56. The summed E-state index contributed by atoms with van der Waals surface area (Å²) in [5.41, 5.74) is 6.53. The van der Waals surface area contributed by atoms with Gasteiger partial charge >= 0.3 is 0 Å². The number of hydrogen-bond donors (Lipinski definition) is 2. The van der Waals surface area contributed by atoms with Crippen LogP contribution in [0.4, 0.5) is 5.82 Å². The number of anilines is 1. The van der Waals surface area contributed by atoms with E-state index in [0.717, 1.165) is 12.1 Å². The highest BCUT2D eigenvalue weighted by atomic mass is 16.5. The van der Waals surface area contributed by atoms with Crippen molar-refractivity contribution in [1.29, 1.82) is 0 Å². The average molecular weight is 221 g/mol. The highest BCUT2D eigenvalue weighted by Crippen LogP contribution is 2.36. The van der Waals surface area contributed by atoms with E-state index in [1.165, 1.54) is 0 Å². The third kappa shape index (κ3) is 1.28. The van der Waals surface area contributed by atoms with Gasteiger partial charge in [-0.2, -0.15) is 9.78 Å². The van der Waals surface area contributed by atoms with Gasteiger partial charge in [0.15, 0.2) is 5.82 Å². The van der Waals surface area contributed by atoms with Crippen molar-refractivity contribution < 1.29 is 9.47 Å². The van der Waals surface area contributed by atoms with Gasteiger partial charge in [-0.15, -0.1) is 5.10 Å². The Balaban J connectivity index is 2.13. The molecular weight excluding hydrogens is 210 g/mol. The van der Waals surface area contributed by atoms with E-state index in [0.29, 0.717) is 30.7 Å². The Bertz CT molecular complexity index is 490. The van der Waals surface area contributed by atoms with Crippen LogP contribution in [0.5, 0.6) is 11.6 Å². The van der Waals surface area contributed by atoms with Crippen LogP contribution in [0.1, 0.15) is 6.42 Å². The zero-order chi connectivity index (χ0) is 11.0. The molecule has 0 saturated heterocycles. The Morgan fingerprint density at radius 3 is 3.06 bits per heavy atom. The maximum atomic E-state index is 5.77. The van der Waals surface area contributed by atoms with Crippen LogP contribution < -0.4 is 15.2 Å². The first-order chi connectivity index (χ1) is 7.86. The molecule has 84 valence electrons. The molecule has 16 heavy (non-hydrogen) atoms. The summed E-state index contributed by atoms with van der Waals surface area (Å²) < 4.78 is 12.7. The number of ether oxygens (including phenoxy) is 2. The van der Waals surface area contributed by atoms with Crippen molar-refractivity contribution in [2.75, 3.05) is 18.9 Å². The summed E-state index contributed by atoms with van der Waals surface area (Å²) in [6.45, 7) is 1.18. The van der Waals surface area contributed by atoms with Gasteiger partial charge in [-0.1, -0.05) is 0 Å². The molecule has 0 spiro atoms. The van der Waals surface area contributed by atoms with Gasteiger partial charge in [0.1, 0.15) is 5.69 Å². The molecule has 1 aliphatic heterocycles. The van der Waals surface area contributed by atoms with Crippen molar-refractivity contribution in [3.8, 4) is 17.3 Å². The fraction of sp³-hybridized carbons (Fsp3) is 0.333. The first kappa shape index (κ1) is 9.08. The number of nitrogens with two attached hydrogens (primary N) is 1. The van der Waals surface area contributed by atoms with E-state index in [9.17, 15) is 0 Å². The van der Waals surface area contributed by atoms with Gasteiger partial charge < -0.3 is 15.2 Å².